The number of aliphatic hydroxyl groups excluding tert-OH is 1. The van der Waals surface area contributed by atoms with Crippen LogP contribution in [-0.2, 0) is 0 Å². The van der Waals surface area contributed by atoms with Crippen molar-refractivity contribution in [1.82, 2.24) is 0 Å². The predicted octanol–water partition coefficient (Wildman–Crippen LogP) is 1.88. The second-order valence-electron chi connectivity index (χ2n) is 4.69. The van der Waals surface area contributed by atoms with E-state index in [0.717, 1.165) is 5.92 Å². The molecule has 1 rings (SSSR count). The lowest BCUT2D eigenvalue weighted by Crippen LogP contribution is -2.40. The third-order valence-electron chi connectivity index (χ3n) is 2.46. The Balaban J connectivity index is 2.42. The van der Waals surface area contributed by atoms with E-state index in [1.165, 1.54) is 6.42 Å². The molecular weight excluding hydrogens is 140 g/mol. The number of hydrogen-bond donors (Lipinski definition) is 1. The lowest BCUT2D eigenvalue weighted by Gasteiger charge is -2.23. The maximum absolute atomic E-state index is 9.76. The third-order valence-corrected chi connectivity index (χ3v) is 4.67. The van der Waals surface area contributed by atoms with Gasteiger partial charge in [-0.3, -0.25) is 0 Å². The minimum atomic E-state index is -1.25. The molecule has 0 saturated heterocycles. The Kier molecular flexibility index (Phi) is 1.94. The Morgan fingerprint density at radius 3 is 1.90 bits per heavy atom. The Morgan fingerprint density at radius 1 is 1.40 bits per heavy atom. The van der Waals surface area contributed by atoms with Gasteiger partial charge in [-0.1, -0.05) is 26.6 Å². The molecule has 0 aromatic carbocycles. The highest BCUT2D eigenvalue weighted by molar-refractivity contribution is 6.77. The Hall–Kier alpha value is 0.177. The van der Waals surface area contributed by atoms with Crippen molar-refractivity contribution >= 4 is 8.07 Å². The maximum atomic E-state index is 9.76. The van der Waals surface area contributed by atoms with E-state index in [2.05, 4.69) is 26.6 Å². The lowest BCUT2D eigenvalue weighted by molar-refractivity contribution is 0.214. The third kappa shape index (κ3) is 1.61. The van der Waals surface area contributed by atoms with Gasteiger partial charge in [0.25, 0.3) is 0 Å². The van der Waals surface area contributed by atoms with Crippen molar-refractivity contribution in [2.24, 2.45) is 11.8 Å². The van der Waals surface area contributed by atoms with Crippen LogP contribution < -0.4 is 0 Å². The zero-order valence-corrected chi connectivity index (χ0v) is 8.39. The van der Waals surface area contributed by atoms with Gasteiger partial charge in [0.05, 0.1) is 8.07 Å². The van der Waals surface area contributed by atoms with Crippen molar-refractivity contribution in [3.8, 4) is 0 Å². The molecule has 0 spiro atoms. The van der Waals surface area contributed by atoms with Crippen LogP contribution in [0.25, 0.3) is 0 Å². The molecule has 10 heavy (non-hydrogen) atoms. The number of rotatable bonds is 2. The minimum absolute atomic E-state index is 0.0440. The monoisotopic (exact) mass is 158 g/mol. The highest BCUT2D eigenvalue weighted by atomic mass is 28.3. The number of aliphatic hydroxyl groups is 1. The molecule has 2 heteroatoms. The van der Waals surface area contributed by atoms with Crippen molar-refractivity contribution in [3.05, 3.63) is 0 Å². The van der Waals surface area contributed by atoms with Crippen LogP contribution >= 0.6 is 0 Å². The standard InChI is InChI=1S/C8H18OSi/c1-6-5-7(6)8(9)10(2,3)4/h6-9H,5H2,1-4H3. The van der Waals surface area contributed by atoms with E-state index < -0.39 is 8.07 Å². The van der Waals surface area contributed by atoms with E-state index in [4.69, 9.17) is 0 Å². The van der Waals surface area contributed by atoms with Crippen molar-refractivity contribution in [2.45, 2.75) is 38.7 Å². The molecule has 0 aromatic rings. The SMILES string of the molecule is CC1CC1C(O)[Si](C)(C)C. The molecule has 3 unspecified atom stereocenters. The molecule has 0 heterocycles. The van der Waals surface area contributed by atoms with Gasteiger partial charge in [-0.2, -0.15) is 0 Å². The fourth-order valence-corrected chi connectivity index (χ4v) is 3.18. The topological polar surface area (TPSA) is 20.2 Å². The van der Waals surface area contributed by atoms with Crippen LogP contribution in [0.4, 0.5) is 0 Å². The second-order valence-corrected chi connectivity index (χ2v) is 10.0. The van der Waals surface area contributed by atoms with E-state index in [9.17, 15) is 5.11 Å². The number of hydrogen-bond acceptors (Lipinski definition) is 1. The molecule has 60 valence electrons. The first-order chi connectivity index (χ1) is 4.43. The van der Waals surface area contributed by atoms with Crippen LogP contribution in [-0.4, -0.2) is 18.9 Å². The van der Waals surface area contributed by atoms with Gasteiger partial charge in [0.2, 0.25) is 0 Å². The maximum Gasteiger partial charge on any atom is 0.0785 e. The van der Waals surface area contributed by atoms with Crippen molar-refractivity contribution in [3.63, 3.8) is 0 Å². The Bertz CT molecular complexity index is 128. The smallest absolute Gasteiger partial charge is 0.0785 e. The first kappa shape index (κ1) is 8.28. The van der Waals surface area contributed by atoms with Crippen LogP contribution in [0.1, 0.15) is 13.3 Å². The molecule has 0 amide bonds. The molecule has 3 atom stereocenters. The van der Waals surface area contributed by atoms with Gasteiger partial charge in [0, 0.05) is 5.73 Å². The second kappa shape index (κ2) is 2.34. The highest BCUT2D eigenvalue weighted by Gasteiger charge is 2.44. The molecule has 1 saturated carbocycles. The normalized spacial score (nSPS) is 35.7. The summed E-state index contributed by atoms with van der Waals surface area (Å²) in [5, 5.41) is 9.76. The first-order valence-corrected chi connectivity index (χ1v) is 7.68. The summed E-state index contributed by atoms with van der Waals surface area (Å²) in [7, 11) is -1.25. The molecule has 1 N–H and O–H groups in total. The van der Waals surface area contributed by atoms with Gasteiger partial charge < -0.3 is 5.11 Å². The van der Waals surface area contributed by atoms with E-state index in [1.54, 1.807) is 0 Å². The average molecular weight is 158 g/mol. The summed E-state index contributed by atoms with van der Waals surface area (Å²) < 4.78 is 0. The lowest BCUT2D eigenvalue weighted by atomic mass is 10.4. The molecular formula is C8H18OSi. The van der Waals surface area contributed by atoms with Crippen molar-refractivity contribution in [2.75, 3.05) is 0 Å². The highest BCUT2D eigenvalue weighted by Crippen LogP contribution is 2.43. The van der Waals surface area contributed by atoms with Gasteiger partial charge >= 0.3 is 0 Å². The molecule has 0 aromatic heterocycles. The summed E-state index contributed by atoms with van der Waals surface area (Å²) in [5.41, 5.74) is 0.0440. The minimum Gasteiger partial charge on any atom is -0.396 e. The fourth-order valence-electron chi connectivity index (χ4n) is 1.43. The van der Waals surface area contributed by atoms with Gasteiger partial charge in [-0.25, -0.2) is 0 Å². The fraction of sp³-hybridized carbons (Fsp3) is 1.00. The first-order valence-electron chi connectivity index (χ1n) is 4.11. The molecule has 1 nitrogen and oxygen atoms in total. The summed E-state index contributed by atoms with van der Waals surface area (Å²) in [4.78, 5) is 0. The van der Waals surface area contributed by atoms with Gasteiger partial charge in [0.15, 0.2) is 0 Å². The molecule has 1 aliphatic rings. The quantitative estimate of drug-likeness (QED) is 0.608. The molecule has 0 radical (unpaired) electrons. The summed E-state index contributed by atoms with van der Waals surface area (Å²) in [6, 6.07) is 0. The van der Waals surface area contributed by atoms with E-state index in [0.29, 0.717) is 5.92 Å². The summed E-state index contributed by atoms with van der Waals surface area (Å²) in [6.07, 6.45) is 1.26. The van der Waals surface area contributed by atoms with Crippen molar-refractivity contribution < 1.29 is 5.11 Å². The largest absolute Gasteiger partial charge is 0.396 e. The van der Waals surface area contributed by atoms with Gasteiger partial charge in [-0.05, 0) is 18.3 Å². The predicted molar refractivity (Wildman–Crippen MR) is 46.6 cm³/mol. The van der Waals surface area contributed by atoms with Crippen LogP contribution in [0.15, 0.2) is 0 Å². The van der Waals surface area contributed by atoms with E-state index in [1.807, 2.05) is 0 Å². The van der Waals surface area contributed by atoms with E-state index in [-0.39, 0.29) is 5.73 Å². The zero-order chi connectivity index (χ0) is 7.94. The molecule has 0 aliphatic heterocycles. The van der Waals surface area contributed by atoms with Crippen LogP contribution in [0.2, 0.25) is 19.6 Å². The van der Waals surface area contributed by atoms with Gasteiger partial charge in [0.1, 0.15) is 0 Å². The van der Waals surface area contributed by atoms with Crippen LogP contribution in [0.5, 0.6) is 0 Å². The molecule has 1 fully saturated rings. The van der Waals surface area contributed by atoms with Gasteiger partial charge in [-0.15, -0.1) is 0 Å². The summed E-state index contributed by atoms with van der Waals surface area (Å²) in [5.74, 6) is 1.44. The average Bonchev–Trinajstić information content (AvgIpc) is 2.42. The van der Waals surface area contributed by atoms with E-state index >= 15 is 0 Å². The molecule has 1 aliphatic carbocycles. The van der Waals surface area contributed by atoms with Crippen LogP contribution in [0, 0.1) is 11.8 Å². The zero-order valence-electron chi connectivity index (χ0n) is 7.39. The van der Waals surface area contributed by atoms with Crippen molar-refractivity contribution in [1.29, 1.82) is 0 Å². The summed E-state index contributed by atoms with van der Waals surface area (Å²) in [6.45, 7) is 8.95. The Labute approximate surface area is 64.5 Å². The summed E-state index contributed by atoms with van der Waals surface area (Å²) >= 11 is 0. The Morgan fingerprint density at radius 2 is 1.80 bits per heavy atom. The van der Waals surface area contributed by atoms with Crippen LogP contribution in [0.3, 0.4) is 0 Å². The molecule has 0 bridgehead atoms.